The number of aliphatic imine (C=N–C) groups is 1. The summed E-state index contributed by atoms with van der Waals surface area (Å²) >= 11 is 0. The van der Waals surface area contributed by atoms with Gasteiger partial charge >= 0.3 is 5.97 Å². The number of rotatable bonds is 3. The molecule has 1 aliphatic rings. The summed E-state index contributed by atoms with van der Waals surface area (Å²) in [5.41, 5.74) is 1.43. The van der Waals surface area contributed by atoms with Gasteiger partial charge in [-0.25, -0.2) is 9.79 Å². The van der Waals surface area contributed by atoms with Gasteiger partial charge in [0.1, 0.15) is 0 Å². The number of carboxylic acids is 1. The van der Waals surface area contributed by atoms with Crippen LogP contribution < -0.4 is 0 Å². The highest BCUT2D eigenvalue weighted by molar-refractivity contribution is 6.35. The molecule has 2 rings (SSSR count). The van der Waals surface area contributed by atoms with Crippen LogP contribution >= 0.6 is 0 Å². The summed E-state index contributed by atoms with van der Waals surface area (Å²) in [5, 5.41) is 24.6. The van der Waals surface area contributed by atoms with Crippen LogP contribution in [0.15, 0.2) is 39.5 Å². The van der Waals surface area contributed by atoms with Crippen molar-refractivity contribution in [2.45, 2.75) is 12.6 Å². The van der Waals surface area contributed by atoms with Crippen molar-refractivity contribution in [3.05, 3.63) is 35.4 Å². The van der Waals surface area contributed by atoms with Gasteiger partial charge in [-0.15, -0.1) is 5.11 Å². The minimum Gasteiger partial charge on any atom is -0.475 e. The molecule has 6 nitrogen and oxygen atoms in total. The van der Waals surface area contributed by atoms with E-state index < -0.39 is 12.1 Å². The number of hydrogen-bond acceptors (Lipinski definition) is 5. The first kappa shape index (κ1) is 11.0. The van der Waals surface area contributed by atoms with Gasteiger partial charge in [0.25, 0.3) is 5.84 Å². The molecule has 0 saturated carbocycles. The zero-order valence-electron chi connectivity index (χ0n) is 8.74. The van der Waals surface area contributed by atoms with Crippen LogP contribution in [0.5, 0.6) is 0 Å². The molecular weight excluding hydrogens is 220 g/mol. The second kappa shape index (κ2) is 4.53. The lowest BCUT2D eigenvalue weighted by Crippen LogP contribution is -2.09. The molecule has 1 aliphatic heterocycles. The largest absolute Gasteiger partial charge is 0.475 e. The van der Waals surface area contributed by atoms with Crippen molar-refractivity contribution in [1.29, 1.82) is 5.26 Å². The van der Waals surface area contributed by atoms with Gasteiger partial charge in [0.05, 0.1) is 11.6 Å². The molecule has 1 N–H and O–H groups in total. The monoisotopic (exact) mass is 228 g/mol. The van der Waals surface area contributed by atoms with Crippen LogP contribution in [0.25, 0.3) is 0 Å². The fourth-order valence-corrected chi connectivity index (χ4v) is 1.48. The Hall–Kier alpha value is -2.55. The molecule has 0 aliphatic carbocycles. The van der Waals surface area contributed by atoms with E-state index in [0.29, 0.717) is 12.0 Å². The number of nitriles is 1. The fraction of sp³-hybridized carbons (Fsp3) is 0.182. The Kier molecular flexibility index (Phi) is 2.92. The molecule has 0 radical (unpaired) electrons. The fourth-order valence-electron chi connectivity index (χ4n) is 1.48. The van der Waals surface area contributed by atoms with Crippen LogP contribution in [0.4, 0.5) is 0 Å². The van der Waals surface area contributed by atoms with Crippen LogP contribution in [0.3, 0.4) is 0 Å². The minimum absolute atomic E-state index is 0.272. The Morgan fingerprint density at radius 1 is 1.53 bits per heavy atom. The first-order valence-corrected chi connectivity index (χ1v) is 4.90. The lowest BCUT2D eigenvalue weighted by molar-refractivity contribution is -0.129. The van der Waals surface area contributed by atoms with Crippen LogP contribution in [-0.4, -0.2) is 23.1 Å². The first-order chi connectivity index (χ1) is 8.19. The highest BCUT2D eigenvalue weighted by Crippen LogP contribution is 2.13. The molecule has 6 heteroatoms. The molecule has 1 heterocycles. The van der Waals surface area contributed by atoms with E-state index in [2.05, 4.69) is 15.2 Å². The lowest BCUT2D eigenvalue weighted by Gasteiger charge is -2.02. The predicted molar refractivity (Wildman–Crippen MR) is 58.6 cm³/mol. The number of carboxylic acid groups (broad SMARTS) is 1. The van der Waals surface area contributed by atoms with Crippen LogP contribution in [0, 0.1) is 11.3 Å². The average Bonchev–Trinajstić information content (AvgIpc) is 2.78. The van der Waals surface area contributed by atoms with Gasteiger partial charge in [0.15, 0.2) is 6.17 Å². The first-order valence-electron chi connectivity index (χ1n) is 4.90. The van der Waals surface area contributed by atoms with Gasteiger partial charge < -0.3 is 5.11 Å². The standard InChI is InChI=1S/C11H8N4O2/c12-6-8-3-1-2-7(4-8)5-9-13-10(11(16)17)15-14-9/h1-4,9H,5H2,(H,16,17). The lowest BCUT2D eigenvalue weighted by atomic mass is 10.1. The van der Waals surface area contributed by atoms with Gasteiger partial charge in [-0.1, -0.05) is 12.1 Å². The van der Waals surface area contributed by atoms with E-state index in [4.69, 9.17) is 10.4 Å². The molecule has 0 aromatic heterocycles. The maximum atomic E-state index is 10.6. The number of amidine groups is 1. The van der Waals surface area contributed by atoms with Crippen molar-refractivity contribution < 1.29 is 9.90 Å². The average molecular weight is 228 g/mol. The third-order valence-electron chi connectivity index (χ3n) is 2.22. The molecule has 0 saturated heterocycles. The Bertz CT molecular complexity index is 557. The molecule has 1 unspecified atom stereocenters. The van der Waals surface area contributed by atoms with Gasteiger partial charge in [-0.3, -0.25) is 0 Å². The summed E-state index contributed by atoms with van der Waals surface area (Å²) in [4.78, 5) is 14.4. The van der Waals surface area contributed by atoms with Crippen molar-refractivity contribution >= 4 is 11.8 Å². The Balaban J connectivity index is 2.11. The predicted octanol–water partition coefficient (Wildman–Crippen LogP) is 1.38. The molecule has 84 valence electrons. The summed E-state index contributed by atoms with van der Waals surface area (Å²) in [7, 11) is 0. The second-order valence-corrected chi connectivity index (χ2v) is 3.47. The SMILES string of the molecule is N#Cc1cccc(CC2N=NC(C(=O)O)=N2)c1. The molecule has 0 amide bonds. The smallest absolute Gasteiger partial charge is 0.375 e. The third kappa shape index (κ3) is 2.52. The summed E-state index contributed by atoms with van der Waals surface area (Å²) in [5.74, 6) is -1.45. The molecule has 1 aromatic rings. The van der Waals surface area contributed by atoms with E-state index in [1.54, 1.807) is 18.2 Å². The Morgan fingerprint density at radius 3 is 3.00 bits per heavy atom. The molecule has 0 bridgehead atoms. The minimum atomic E-state index is -1.18. The van der Waals surface area contributed by atoms with Gasteiger partial charge in [-0.05, 0) is 17.7 Å². The molecular formula is C11H8N4O2. The normalized spacial score (nSPS) is 17.6. The number of carbonyl (C=O) groups is 1. The van der Waals surface area contributed by atoms with Crippen LogP contribution in [0.1, 0.15) is 11.1 Å². The van der Waals surface area contributed by atoms with Crippen molar-refractivity contribution in [3.63, 3.8) is 0 Å². The van der Waals surface area contributed by atoms with Gasteiger partial charge in [0.2, 0.25) is 0 Å². The molecule has 1 atom stereocenters. The number of aliphatic carboxylic acids is 1. The third-order valence-corrected chi connectivity index (χ3v) is 2.22. The molecule has 17 heavy (non-hydrogen) atoms. The maximum absolute atomic E-state index is 10.6. The summed E-state index contributed by atoms with van der Waals surface area (Å²) in [6.45, 7) is 0. The van der Waals surface area contributed by atoms with Crippen molar-refractivity contribution in [3.8, 4) is 6.07 Å². The van der Waals surface area contributed by atoms with Crippen molar-refractivity contribution in [2.75, 3.05) is 0 Å². The van der Waals surface area contributed by atoms with E-state index in [9.17, 15) is 4.79 Å². The summed E-state index contributed by atoms with van der Waals surface area (Å²) in [6, 6.07) is 9.06. The summed E-state index contributed by atoms with van der Waals surface area (Å²) in [6.07, 6.45) is -0.0643. The quantitative estimate of drug-likeness (QED) is 0.845. The van der Waals surface area contributed by atoms with E-state index >= 15 is 0 Å². The van der Waals surface area contributed by atoms with Crippen molar-refractivity contribution in [1.82, 2.24) is 0 Å². The zero-order chi connectivity index (χ0) is 12.3. The van der Waals surface area contributed by atoms with Crippen LogP contribution in [0.2, 0.25) is 0 Å². The topological polar surface area (TPSA) is 98.2 Å². The number of azo groups is 1. The second-order valence-electron chi connectivity index (χ2n) is 3.47. The summed E-state index contributed by atoms with van der Waals surface area (Å²) < 4.78 is 0. The number of hydrogen-bond donors (Lipinski definition) is 1. The van der Waals surface area contributed by atoms with E-state index in [1.807, 2.05) is 12.1 Å². The molecule has 1 aromatic carbocycles. The maximum Gasteiger partial charge on any atom is 0.375 e. The van der Waals surface area contributed by atoms with E-state index in [-0.39, 0.29) is 5.84 Å². The van der Waals surface area contributed by atoms with Crippen LogP contribution in [-0.2, 0) is 11.2 Å². The van der Waals surface area contributed by atoms with E-state index in [0.717, 1.165) is 5.56 Å². The number of benzene rings is 1. The van der Waals surface area contributed by atoms with Crippen molar-refractivity contribution in [2.24, 2.45) is 15.2 Å². The van der Waals surface area contributed by atoms with Gasteiger partial charge in [0, 0.05) is 6.42 Å². The Labute approximate surface area is 96.9 Å². The van der Waals surface area contributed by atoms with Gasteiger partial charge in [-0.2, -0.15) is 10.4 Å². The molecule has 0 fully saturated rings. The van der Waals surface area contributed by atoms with E-state index in [1.165, 1.54) is 0 Å². The Morgan fingerprint density at radius 2 is 2.35 bits per heavy atom. The zero-order valence-corrected chi connectivity index (χ0v) is 8.74. The number of nitrogens with zero attached hydrogens (tertiary/aromatic N) is 4. The highest BCUT2D eigenvalue weighted by atomic mass is 16.4. The highest BCUT2D eigenvalue weighted by Gasteiger charge is 2.19. The molecule has 0 spiro atoms.